The van der Waals surface area contributed by atoms with Crippen molar-refractivity contribution in [1.29, 1.82) is 0 Å². The summed E-state index contributed by atoms with van der Waals surface area (Å²) < 4.78 is 142. The Bertz CT molecular complexity index is 1420. The molecule has 1 heterocycles. The molecule has 0 aliphatic rings. The van der Waals surface area contributed by atoms with E-state index in [2.05, 4.69) is 0 Å². The normalized spacial score (nSPS) is 26.0. The van der Waals surface area contributed by atoms with Gasteiger partial charge in [0.1, 0.15) is 11.9 Å². The molecule has 2 nitrogen and oxygen atoms in total. The maximum Gasteiger partial charge on any atom is 0.134 e. The van der Waals surface area contributed by atoms with Gasteiger partial charge < -0.3 is 10.1 Å². The average molecular weight is 315 g/mol. The summed E-state index contributed by atoms with van der Waals surface area (Å²) >= 11 is 0.356. The maximum absolute atomic E-state index is 8.54. The highest BCUT2D eigenvalue weighted by Crippen LogP contribution is 2.32. The number of hydrogen-bond acceptors (Lipinski definition) is 3. The molecule has 1 N–H and O–H groups in total. The molecule has 3 rings (SSSR count). The van der Waals surface area contributed by atoms with Crippen LogP contribution in [0.25, 0.3) is 10.8 Å². The fourth-order valence-corrected chi connectivity index (χ4v) is 2.09. The first-order valence-electron chi connectivity index (χ1n) is 14.2. The van der Waals surface area contributed by atoms with E-state index in [4.69, 9.17) is 28.0 Å². The summed E-state index contributed by atoms with van der Waals surface area (Å²) in [6.45, 7) is -6.63. The summed E-state index contributed by atoms with van der Waals surface area (Å²) in [6, 6.07) is -7.06. The molecule has 0 saturated carbocycles. The second-order valence-corrected chi connectivity index (χ2v) is 4.51. The molecule has 0 amide bonds. The van der Waals surface area contributed by atoms with Gasteiger partial charge in [0.25, 0.3) is 0 Å². The predicted molar refractivity (Wildman–Crippen MR) is 90.2 cm³/mol. The van der Waals surface area contributed by atoms with Gasteiger partial charge in [-0.05, 0) is 36.3 Å². The molecule has 1 aromatic heterocycles. The van der Waals surface area contributed by atoms with Crippen LogP contribution in [0.1, 0.15) is 40.7 Å². The van der Waals surface area contributed by atoms with Gasteiger partial charge in [0, 0.05) is 26.2 Å². The highest BCUT2D eigenvalue weighted by molar-refractivity contribution is 7.10. The molecular formula is C18H19NOS. The van der Waals surface area contributed by atoms with Crippen molar-refractivity contribution in [2.24, 2.45) is 0 Å². The van der Waals surface area contributed by atoms with Crippen LogP contribution in [0.2, 0.25) is 0 Å². The van der Waals surface area contributed by atoms with Gasteiger partial charge in [-0.15, -0.1) is 11.3 Å². The van der Waals surface area contributed by atoms with Crippen molar-refractivity contribution in [3.05, 3.63) is 64.6 Å². The van der Waals surface area contributed by atoms with Crippen LogP contribution in [0.15, 0.2) is 59.7 Å². The lowest BCUT2D eigenvalue weighted by Gasteiger charge is -2.19. The number of hydrogen-bond donors (Lipinski definition) is 1. The highest BCUT2D eigenvalue weighted by atomic mass is 32.1. The SMILES string of the molecule is [2H]c1sc(C(Oc2c([2H])c([2H])c([2H])c3c([2H])c([2H])c([2H])c([2H])c23)C([2H])([2H])C([2H])([2H])NC([2H])([2H])[2H])c([2H])c1[2H]. The average Bonchev–Trinajstić information content (AvgIpc) is 3.04. The monoisotopic (exact) mass is 314 g/mol. The summed E-state index contributed by atoms with van der Waals surface area (Å²) in [5.74, 6) is -0.850. The Kier molecular flexibility index (Phi) is 1.39. The standard InChI is InChI=1S/C18H19NOS/c1-19-12-11-17(18-10-5-13-21-18)20-16-9-4-7-14-6-2-3-8-15(14)16/h2-10,13,17,19H,11-12H2,1H3/i1D3,2D,3D,4D,5D,6D,7D,8D,9D,10D,11D2,12D2,13D. The van der Waals surface area contributed by atoms with Crippen molar-refractivity contribution in [3.63, 3.8) is 0 Å². The lowest BCUT2D eigenvalue weighted by molar-refractivity contribution is 0.201. The zero-order chi connectivity index (χ0) is 29.3. The van der Waals surface area contributed by atoms with E-state index < -0.39 is 107 Å². The topological polar surface area (TPSA) is 21.3 Å². The summed E-state index contributed by atoms with van der Waals surface area (Å²) in [7, 11) is 0. The molecule has 1 atom stereocenters. The third-order valence-electron chi connectivity index (χ3n) is 2.42. The Morgan fingerprint density at radius 2 is 2.14 bits per heavy atom. The second-order valence-electron chi connectivity index (χ2n) is 3.66. The van der Waals surface area contributed by atoms with Gasteiger partial charge in [0.15, 0.2) is 0 Å². The Morgan fingerprint density at radius 3 is 3.00 bits per heavy atom. The first kappa shape index (κ1) is 4.34. The van der Waals surface area contributed by atoms with Crippen LogP contribution in [-0.4, -0.2) is 13.5 Å². The van der Waals surface area contributed by atoms with Crippen LogP contribution < -0.4 is 10.1 Å². The molecule has 3 heteroatoms. The van der Waals surface area contributed by atoms with Crippen molar-refractivity contribution in [3.8, 4) is 5.75 Å². The predicted octanol–water partition coefficient (Wildman–Crippen LogP) is 4.63. The lowest BCUT2D eigenvalue weighted by atomic mass is 10.1. The first-order valence-corrected chi connectivity index (χ1v) is 6.49. The highest BCUT2D eigenvalue weighted by Gasteiger charge is 2.15. The number of thiophene rings is 1. The van der Waals surface area contributed by atoms with Crippen LogP contribution in [0.3, 0.4) is 0 Å². The van der Waals surface area contributed by atoms with Crippen molar-refractivity contribution in [2.45, 2.75) is 12.5 Å². The third-order valence-corrected chi connectivity index (χ3v) is 3.16. The molecule has 0 bridgehead atoms. The van der Waals surface area contributed by atoms with Crippen molar-refractivity contribution in [2.75, 3.05) is 13.5 Å². The van der Waals surface area contributed by atoms with Gasteiger partial charge in [-0.3, -0.25) is 0 Å². The minimum atomic E-state index is -3.43. The molecule has 0 aliphatic heterocycles. The number of rotatable bonds is 6. The minimum Gasteiger partial charge on any atom is -0.484 e. The zero-order valence-corrected chi connectivity index (χ0v) is 11.2. The van der Waals surface area contributed by atoms with E-state index in [0.717, 1.165) is 0 Å². The van der Waals surface area contributed by atoms with Crippen LogP contribution in [0.5, 0.6) is 5.75 Å². The van der Waals surface area contributed by atoms with Gasteiger partial charge in [-0.25, -0.2) is 0 Å². The molecule has 0 saturated heterocycles. The Labute approximate surface area is 153 Å². The summed E-state index contributed by atoms with van der Waals surface area (Å²) in [4.78, 5) is -0.545. The van der Waals surface area contributed by atoms with Gasteiger partial charge in [0.2, 0.25) is 0 Å². The van der Waals surface area contributed by atoms with E-state index in [1.54, 1.807) is 0 Å². The Balaban J connectivity index is 2.42. The largest absolute Gasteiger partial charge is 0.484 e. The molecule has 21 heavy (non-hydrogen) atoms. The smallest absolute Gasteiger partial charge is 0.134 e. The van der Waals surface area contributed by atoms with E-state index in [9.17, 15) is 0 Å². The van der Waals surface area contributed by atoms with E-state index >= 15 is 0 Å². The van der Waals surface area contributed by atoms with Crippen molar-refractivity contribution >= 4 is 22.1 Å². The molecule has 1 unspecified atom stereocenters. The maximum atomic E-state index is 8.54. The molecule has 0 fully saturated rings. The fraction of sp³-hybridized carbons (Fsp3) is 0.222. The van der Waals surface area contributed by atoms with Crippen LogP contribution >= 0.6 is 11.3 Å². The van der Waals surface area contributed by atoms with Crippen LogP contribution in [0.4, 0.5) is 0 Å². The molecule has 0 radical (unpaired) electrons. The third kappa shape index (κ3) is 3.26. The zero-order valence-electron chi connectivity index (χ0n) is 27.4. The number of ether oxygens (including phenoxy) is 1. The van der Waals surface area contributed by atoms with Crippen LogP contribution in [-0.2, 0) is 0 Å². The second kappa shape index (κ2) is 6.74. The van der Waals surface area contributed by atoms with Gasteiger partial charge in [-0.1, -0.05) is 42.3 Å². The van der Waals surface area contributed by atoms with E-state index in [1.165, 1.54) is 5.32 Å². The van der Waals surface area contributed by atoms with Gasteiger partial charge in [-0.2, -0.15) is 0 Å². The minimum absolute atomic E-state index is 0.356. The summed E-state index contributed by atoms with van der Waals surface area (Å²) in [5, 5.41) is -0.137. The Hall–Kier alpha value is -1.84. The summed E-state index contributed by atoms with van der Waals surface area (Å²) in [6.07, 6.45) is -5.78. The van der Waals surface area contributed by atoms with Gasteiger partial charge >= 0.3 is 0 Å². The number of fused-ring (bicyclic) bond motifs is 1. The lowest BCUT2D eigenvalue weighted by Crippen LogP contribution is -2.15. The Morgan fingerprint density at radius 1 is 1.24 bits per heavy atom. The summed E-state index contributed by atoms with van der Waals surface area (Å²) in [5.41, 5.74) is 0. The van der Waals surface area contributed by atoms with E-state index in [-0.39, 0.29) is 0 Å². The van der Waals surface area contributed by atoms with Crippen LogP contribution in [0, 0.1) is 0 Å². The van der Waals surface area contributed by atoms with Crippen molar-refractivity contribution in [1.82, 2.24) is 5.32 Å². The number of benzene rings is 2. The van der Waals surface area contributed by atoms with Crippen molar-refractivity contribution < 1.29 is 28.0 Å². The fourth-order valence-electron chi connectivity index (χ4n) is 1.56. The molecular weight excluding hydrogens is 278 g/mol. The van der Waals surface area contributed by atoms with E-state index in [0.29, 0.717) is 11.3 Å². The molecule has 0 aliphatic carbocycles. The van der Waals surface area contributed by atoms with Gasteiger partial charge in [0.05, 0.1) is 13.7 Å². The first-order chi connectivity index (χ1) is 17.2. The quantitative estimate of drug-likeness (QED) is 0.716. The number of nitrogens with one attached hydrogen (secondary N) is 1. The molecule has 3 aromatic rings. The van der Waals surface area contributed by atoms with E-state index in [1.807, 2.05) is 0 Å². The molecule has 0 spiro atoms. The molecule has 2 aromatic carbocycles. The molecule has 108 valence electrons.